The number of carbonyl (C=O) groups excluding carboxylic acids is 2. The molecule has 2 rings (SSSR count). The van der Waals surface area contributed by atoms with E-state index in [0.717, 1.165) is 5.56 Å². The second kappa shape index (κ2) is 5.68. The number of carbonyl (C=O) groups is 2. The van der Waals surface area contributed by atoms with E-state index in [1.807, 2.05) is 18.2 Å². The summed E-state index contributed by atoms with van der Waals surface area (Å²) in [5.74, 6) is -0.352. The third kappa shape index (κ3) is 3.48. The summed E-state index contributed by atoms with van der Waals surface area (Å²) < 4.78 is 5.14. The highest BCUT2D eigenvalue weighted by Gasteiger charge is 2.42. The van der Waals surface area contributed by atoms with Crippen LogP contribution in [0.3, 0.4) is 0 Å². The van der Waals surface area contributed by atoms with Gasteiger partial charge in [0.15, 0.2) is 0 Å². The first-order chi connectivity index (χ1) is 9.83. The van der Waals surface area contributed by atoms with Crippen LogP contribution in [0.4, 0.5) is 4.79 Å². The van der Waals surface area contributed by atoms with Gasteiger partial charge < -0.3 is 4.74 Å². The van der Waals surface area contributed by atoms with Gasteiger partial charge in [0, 0.05) is 12.4 Å². The van der Waals surface area contributed by atoms with Crippen molar-refractivity contribution in [2.45, 2.75) is 44.6 Å². The lowest BCUT2D eigenvalue weighted by Crippen LogP contribution is -2.47. The minimum absolute atomic E-state index is 0.352. The summed E-state index contributed by atoms with van der Waals surface area (Å²) in [6.07, 6.45) is 7.60. The van der Waals surface area contributed by atoms with E-state index in [-0.39, 0.29) is 5.91 Å². The Morgan fingerprint density at radius 2 is 1.95 bits per heavy atom. The van der Waals surface area contributed by atoms with Gasteiger partial charge in [-0.15, -0.1) is 0 Å². The van der Waals surface area contributed by atoms with Crippen molar-refractivity contribution in [3.05, 3.63) is 42.2 Å². The van der Waals surface area contributed by atoms with E-state index >= 15 is 0 Å². The van der Waals surface area contributed by atoms with Gasteiger partial charge in [-0.25, -0.2) is 4.79 Å². The molecule has 1 aromatic rings. The molecule has 1 aromatic heterocycles. The van der Waals surface area contributed by atoms with Crippen LogP contribution < -0.4 is 5.32 Å². The molecule has 0 saturated heterocycles. The molecule has 5 heteroatoms. The van der Waals surface area contributed by atoms with Gasteiger partial charge in [0.1, 0.15) is 5.60 Å². The summed E-state index contributed by atoms with van der Waals surface area (Å²) in [6, 6.07) is 3.64. The monoisotopic (exact) mass is 288 g/mol. The maximum atomic E-state index is 12.6. The number of hydrogen-bond donors (Lipinski definition) is 1. The summed E-state index contributed by atoms with van der Waals surface area (Å²) in [7, 11) is 0. The molecule has 1 N–H and O–H groups in total. The SMILES string of the molecule is CC(C)(C)OC(=O)NC(=O)C1(c2cccnc2)CC=CC1. The standard InChI is InChI=1S/C16H20N2O3/c1-15(2,3)21-14(20)18-13(19)16(8-4-5-9-16)12-7-6-10-17-11-12/h4-7,10-11H,8-9H2,1-3H3,(H,18,19,20). The van der Waals surface area contributed by atoms with Crippen molar-refractivity contribution in [2.24, 2.45) is 0 Å². The van der Waals surface area contributed by atoms with Gasteiger partial charge in [0.05, 0.1) is 5.41 Å². The fourth-order valence-electron chi connectivity index (χ4n) is 2.37. The van der Waals surface area contributed by atoms with Crippen LogP contribution >= 0.6 is 0 Å². The summed E-state index contributed by atoms with van der Waals surface area (Å²) in [6.45, 7) is 5.27. The van der Waals surface area contributed by atoms with Gasteiger partial charge in [0.25, 0.3) is 0 Å². The maximum absolute atomic E-state index is 12.6. The molecule has 0 aromatic carbocycles. The van der Waals surface area contributed by atoms with Crippen molar-refractivity contribution < 1.29 is 14.3 Å². The number of aromatic nitrogens is 1. The van der Waals surface area contributed by atoms with Gasteiger partial charge in [-0.3, -0.25) is 15.1 Å². The Morgan fingerprint density at radius 1 is 1.29 bits per heavy atom. The smallest absolute Gasteiger partial charge is 0.414 e. The van der Waals surface area contributed by atoms with Crippen LogP contribution in [-0.2, 0) is 14.9 Å². The zero-order valence-electron chi connectivity index (χ0n) is 12.6. The predicted octanol–water partition coefficient (Wildman–Crippen LogP) is 2.72. The molecule has 0 radical (unpaired) electrons. The topological polar surface area (TPSA) is 68.3 Å². The highest BCUT2D eigenvalue weighted by molar-refractivity contribution is 5.99. The Labute approximate surface area is 124 Å². The van der Waals surface area contributed by atoms with Crippen molar-refractivity contribution in [1.82, 2.24) is 10.3 Å². The quantitative estimate of drug-likeness (QED) is 0.850. The van der Waals surface area contributed by atoms with E-state index in [9.17, 15) is 9.59 Å². The van der Waals surface area contributed by atoms with Crippen LogP contribution in [0.5, 0.6) is 0 Å². The second-order valence-corrected chi connectivity index (χ2v) is 6.16. The summed E-state index contributed by atoms with van der Waals surface area (Å²) in [5, 5.41) is 2.35. The lowest BCUT2D eigenvalue weighted by Gasteiger charge is -2.28. The van der Waals surface area contributed by atoms with Crippen LogP contribution in [0.2, 0.25) is 0 Å². The molecule has 0 spiro atoms. The fraction of sp³-hybridized carbons (Fsp3) is 0.438. The van der Waals surface area contributed by atoms with E-state index in [0.29, 0.717) is 12.8 Å². The van der Waals surface area contributed by atoms with E-state index in [4.69, 9.17) is 4.74 Å². The zero-order chi connectivity index (χ0) is 15.5. The van der Waals surface area contributed by atoms with Gasteiger partial charge >= 0.3 is 6.09 Å². The molecule has 1 aliphatic carbocycles. The van der Waals surface area contributed by atoms with Crippen LogP contribution in [0.25, 0.3) is 0 Å². The van der Waals surface area contributed by atoms with Gasteiger partial charge in [0.2, 0.25) is 5.91 Å². The lowest BCUT2D eigenvalue weighted by atomic mass is 9.78. The molecule has 0 saturated carbocycles. The van der Waals surface area contributed by atoms with Crippen molar-refractivity contribution in [3.8, 4) is 0 Å². The molecule has 0 bridgehead atoms. The van der Waals surface area contributed by atoms with Crippen LogP contribution in [0, 0.1) is 0 Å². The molecule has 112 valence electrons. The first-order valence-electron chi connectivity index (χ1n) is 6.93. The average Bonchev–Trinajstić information content (AvgIpc) is 2.88. The number of alkyl carbamates (subject to hydrolysis) is 1. The Morgan fingerprint density at radius 3 is 2.48 bits per heavy atom. The molecule has 0 aliphatic heterocycles. The third-order valence-electron chi connectivity index (χ3n) is 3.36. The Hall–Kier alpha value is -2.17. The number of nitrogens with one attached hydrogen (secondary N) is 1. The molecule has 0 atom stereocenters. The number of allylic oxidation sites excluding steroid dienone is 2. The highest BCUT2D eigenvalue weighted by atomic mass is 16.6. The normalized spacial score (nSPS) is 16.5. The number of amides is 2. The lowest BCUT2D eigenvalue weighted by molar-refractivity contribution is -0.126. The van der Waals surface area contributed by atoms with Gasteiger partial charge in [-0.05, 0) is 45.2 Å². The minimum atomic E-state index is -0.773. The Balaban J connectivity index is 2.16. The molecule has 1 aliphatic rings. The number of ether oxygens (including phenoxy) is 1. The molecule has 5 nitrogen and oxygen atoms in total. The van der Waals surface area contributed by atoms with E-state index in [2.05, 4.69) is 10.3 Å². The largest absolute Gasteiger partial charge is 0.444 e. The number of nitrogens with zero attached hydrogens (tertiary/aromatic N) is 1. The van der Waals surface area contributed by atoms with Gasteiger partial charge in [-0.2, -0.15) is 0 Å². The summed E-state index contributed by atoms with van der Waals surface area (Å²) in [5.41, 5.74) is -0.610. The third-order valence-corrected chi connectivity index (χ3v) is 3.36. The molecule has 1 heterocycles. The maximum Gasteiger partial charge on any atom is 0.414 e. The molecular formula is C16H20N2O3. The second-order valence-electron chi connectivity index (χ2n) is 6.16. The van der Waals surface area contributed by atoms with Crippen molar-refractivity contribution in [1.29, 1.82) is 0 Å². The fourth-order valence-corrected chi connectivity index (χ4v) is 2.37. The number of imide groups is 1. The van der Waals surface area contributed by atoms with Crippen LogP contribution in [0.1, 0.15) is 39.2 Å². The average molecular weight is 288 g/mol. The van der Waals surface area contributed by atoms with Gasteiger partial charge in [-0.1, -0.05) is 18.2 Å². The van der Waals surface area contributed by atoms with Crippen LogP contribution in [-0.4, -0.2) is 22.6 Å². The first-order valence-corrected chi connectivity index (χ1v) is 6.93. The van der Waals surface area contributed by atoms with Crippen molar-refractivity contribution >= 4 is 12.0 Å². The molecule has 21 heavy (non-hydrogen) atoms. The molecule has 0 fully saturated rings. The first kappa shape index (κ1) is 15.2. The van der Waals surface area contributed by atoms with Crippen LogP contribution in [0.15, 0.2) is 36.7 Å². The number of hydrogen-bond acceptors (Lipinski definition) is 4. The Kier molecular flexibility index (Phi) is 4.11. The van der Waals surface area contributed by atoms with E-state index in [1.165, 1.54) is 0 Å². The number of pyridine rings is 1. The summed E-state index contributed by atoms with van der Waals surface area (Å²) in [4.78, 5) is 28.5. The zero-order valence-corrected chi connectivity index (χ0v) is 12.6. The predicted molar refractivity (Wildman–Crippen MR) is 78.7 cm³/mol. The number of rotatable bonds is 2. The summed E-state index contributed by atoms with van der Waals surface area (Å²) >= 11 is 0. The molecule has 0 unspecified atom stereocenters. The minimum Gasteiger partial charge on any atom is -0.444 e. The Bertz CT molecular complexity index is 551. The highest BCUT2D eigenvalue weighted by Crippen LogP contribution is 2.37. The van der Waals surface area contributed by atoms with E-state index < -0.39 is 17.1 Å². The molecular weight excluding hydrogens is 268 g/mol. The van der Waals surface area contributed by atoms with E-state index in [1.54, 1.807) is 39.2 Å². The molecule has 2 amide bonds. The van der Waals surface area contributed by atoms with Crippen molar-refractivity contribution in [2.75, 3.05) is 0 Å². The van der Waals surface area contributed by atoms with Crippen molar-refractivity contribution in [3.63, 3.8) is 0 Å².